The number of hydrogen-bond acceptors (Lipinski definition) is 2. The van der Waals surface area contributed by atoms with E-state index in [0.29, 0.717) is 12.3 Å². The van der Waals surface area contributed by atoms with Crippen molar-refractivity contribution in [3.8, 4) is 11.3 Å². The van der Waals surface area contributed by atoms with Crippen molar-refractivity contribution in [3.05, 3.63) is 78.1 Å². The van der Waals surface area contributed by atoms with Crippen LogP contribution >= 0.6 is 0 Å². The quantitative estimate of drug-likeness (QED) is 0.703. The fourth-order valence-corrected chi connectivity index (χ4v) is 1.91. The highest BCUT2D eigenvalue weighted by molar-refractivity contribution is 5.57. The molecular weight excluding hydrogens is 241 g/mol. The molecule has 0 radical (unpaired) electrons. The van der Waals surface area contributed by atoms with E-state index in [1.807, 2.05) is 30.3 Å². The zero-order valence-corrected chi connectivity index (χ0v) is 10.2. The van der Waals surface area contributed by atoms with Crippen LogP contribution in [0.1, 0.15) is 11.5 Å². The summed E-state index contributed by atoms with van der Waals surface area (Å²) in [5.41, 5.74) is 2.82. The second-order valence-electron chi connectivity index (χ2n) is 4.30. The van der Waals surface area contributed by atoms with Crippen LogP contribution in [0.2, 0.25) is 0 Å². The first kappa shape index (κ1) is 11.7. The van der Waals surface area contributed by atoms with Crippen molar-refractivity contribution >= 4 is 0 Å². The number of benzene rings is 2. The van der Waals surface area contributed by atoms with E-state index in [2.05, 4.69) is 4.98 Å². The van der Waals surface area contributed by atoms with Crippen molar-refractivity contribution < 1.29 is 8.81 Å². The van der Waals surface area contributed by atoms with Crippen molar-refractivity contribution in [2.75, 3.05) is 0 Å². The summed E-state index contributed by atoms with van der Waals surface area (Å²) in [4.78, 5) is 4.44. The van der Waals surface area contributed by atoms with Gasteiger partial charge in [0.25, 0.3) is 0 Å². The SMILES string of the molecule is Fc1ccc(Cc2nc(-c3ccccc3)co2)cc1. The molecule has 3 heteroatoms. The van der Waals surface area contributed by atoms with Crippen LogP contribution < -0.4 is 0 Å². The molecule has 0 fully saturated rings. The first-order valence-corrected chi connectivity index (χ1v) is 6.05. The molecule has 3 rings (SSSR count). The molecule has 1 aromatic heterocycles. The molecule has 0 spiro atoms. The number of halogens is 1. The minimum absolute atomic E-state index is 0.235. The van der Waals surface area contributed by atoms with Gasteiger partial charge in [0.15, 0.2) is 5.89 Å². The number of hydrogen-bond donors (Lipinski definition) is 0. The Morgan fingerprint density at radius 2 is 1.68 bits per heavy atom. The molecule has 2 nitrogen and oxygen atoms in total. The molecular formula is C16H12FNO. The minimum Gasteiger partial charge on any atom is -0.448 e. The van der Waals surface area contributed by atoms with Gasteiger partial charge in [-0.2, -0.15) is 0 Å². The zero-order chi connectivity index (χ0) is 13.1. The lowest BCUT2D eigenvalue weighted by atomic mass is 10.1. The summed E-state index contributed by atoms with van der Waals surface area (Å²) in [5, 5.41) is 0. The van der Waals surface area contributed by atoms with Gasteiger partial charge in [0.1, 0.15) is 17.8 Å². The monoisotopic (exact) mass is 253 g/mol. The van der Waals surface area contributed by atoms with Gasteiger partial charge in [-0.05, 0) is 17.7 Å². The molecule has 0 bridgehead atoms. The summed E-state index contributed by atoms with van der Waals surface area (Å²) in [7, 11) is 0. The van der Waals surface area contributed by atoms with E-state index in [1.54, 1.807) is 18.4 Å². The van der Waals surface area contributed by atoms with E-state index in [-0.39, 0.29) is 5.82 Å². The molecule has 0 saturated heterocycles. The Hall–Kier alpha value is -2.42. The second kappa shape index (κ2) is 5.06. The topological polar surface area (TPSA) is 26.0 Å². The minimum atomic E-state index is -0.235. The van der Waals surface area contributed by atoms with Crippen LogP contribution in [0.3, 0.4) is 0 Å². The van der Waals surface area contributed by atoms with Crippen molar-refractivity contribution in [1.29, 1.82) is 0 Å². The lowest BCUT2D eigenvalue weighted by Gasteiger charge is -1.96. The van der Waals surface area contributed by atoms with Crippen LogP contribution in [0.15, 0.2) is 65.3 Å². The molecule has 0 saturated carbocycles. The van der Waals surface area contributed by atoms with Gasteiger partial charge in [0.05, 0.1) is 0 Å². The third-order valence-electron chi connectivity index (χ3n) is 2.89. The molecule has 3 aromatic rings. The van der Waals surface area contributed by atoms with Gasteiger partial charge in [0, 0.05) is 12.0 Å². The lowest BCUT2D eigenvalue weighted by molar-refractivity contribution is 0.507. The third kappa shape index (κ3) is 2.71. The Balaban J connectivity index is 1.80. The number of rotatable bonds is 3. The Morgan fingerprint density at radius 3 is 2.42 bits per heavy atom. The van der Waals surface area contributed by atoms with Crippen LogP contribution in [-0.4, -0.2) is 4.98 Å². The Morgan fingerprint density at radius 1 is 0.947 bits per heavy atom. The lowest BCUT2D eigenvalue weighted by Crippen LogP contribution is -1.88. The van der Waals surface area contributed by atoms with Gasteiger partial charge >= 0.3 is 0 Å². The maximum atomic E-state index is 12.8. The van der Waals surface area contributed by atoms with E-state index >= 15 is 0 Å². The highest BCUT2D eigenvalue weighted by Gasteiger charge is 2.06. The third-order valence-corrected chi connectivity index (χ3v) is 2.89. The fourth-order valence-electron chi connectivity index (χ4n) is 1.91. The average Bonchev–Trinajstić information content (AvgIpc) is 2.91. The predicted molar refractivity (Wildman–Crippen MR) is 71.1 cm³/mol. The zero-order valence-electron chi connectivity index (χ0n) is 10.2. The molecule has 0 amide bonds. The average molecular weight is 253 g/mol. The molecule has 0 N–H and O–H groups in total. The fraction of sp³-hybridized carbons (Fsp3) is 0.0625. The van der Waals surface area contributed by atoms with Crippen LogP contribution in [0.25, 0.3) is 11.3 Å². The molecule has 2 aromatic carbocycles. The largest absolute Gasteiger partial charge is 0.448 e. The van der Waals surface area contributed by atoms with Crippen molar-refractivity contribution in [3.63, 3.8) is 0 Å². The maximum absolute atomic E-state index is 12.8. The first-order chi connectivity index (χ1) is 9.31. The van der Waals surface area contributed by atoms with Crippen LogP contribution in [0.5, 0.6) is 0 Å². The van der Waals surface area contributed by atoms with Crippen molar-refractivity contribution in [2.45, 2.75) is 6.42 Å². The standard InChI is InChI=1S/C16H12FNO/c17-14-8-6-12(7-9-14)10-16-18-15(11-19-16)13-4-2-1-3-5-13/h1-9,11H,10H2. The van der Waals surface area contributed by atoms with E-state index < -0.39 is 0 Å². The van der Waals surface area contributed by atoms with Gasteiger partial charge in [0.2, 0.25) is 0 Å². The van der Waals surface area contributed by atoms with Gasteiger partial charge in [-0.1, -0.05) is 42.5 Å². The summed E-state index contributed by atoms with van der Waals surface area (Å²) in [6.07, 6.45) is 2.21. The number of aromatic nitrogens is 1. The summed E-state index contributed by atoms with van der Waals surface area (Å²) < 4.78 is 18.3. The van der Waals surface area contributed by atoms with Crippen molar-refractivity contribution in [2.24, 2.45) is 0 Å². The molecule has 0 unspecified atom stereocenters. The molecule has 0 aliphatic rings. The Bertz CT molecular complexity index is 659. The smallest absolute Gasteiger partial charge is 0.198 e. The number of oxazole rings is 1. The highest BCUT2D eigenvalue weighted by atomic mass is 19.1. The second-order valence-corrected chi connectivity index (χ2v) is 4.30. The van der Waals surface area contributed by atoms with E-state index in [4.69, 9.17) is 4.42 Å². The van der Waals surface area contributed by atoms with E-state index in [9.17, 15) is 4.39 Å². The molecule has 1 heterocycles. The molecule has 0 aliphatic carbocycles. The summed E-state index contributed by atoms with van der Waals surface area (Å²) in [6, 6.07) is 16.2. The van der Waals surface area contributed by atoms with Crippen molar-refractivity contribution in [1.82, 2.24) is 4.98 Å². The summed E-state index contributed by atoms with van der Waals surface area (Å²) in [6.45, 7) is 0. The molecule has 0 aliphatic heterocycles. The number of nitrogens with zero attached hydrogens (tertiary/aromatic N) is 1. The van der Waals surface area contributed by atoms with Crippen LogP contribution in [-0.2, 0) is 6.42 Å². The van der Waals surface area contributed by atoms with E-state index in [0.717, 1.165) is 16.8 Å². The normalized spacial score (nSPS) is 10.6. The van der Waals surface area contributed by atoms with Crippen LogP contribution in [0, 0.1) is 5.82 Å². The molecule has 19 heavy (non-hydrogen) atoms. The van der Waals surface area contributed by atoms with Gasteiger partial charge in [-0.15, -0.1) is 0 Å². The van der Waals surface area contributed by atoms with Crippen LogP contribution in [0.4, 0.5) is 4.39 Å². The summed E-state index contributed by atoms with van der Waals surface area (Å²) >= 11 is 0. The predicted octanol–water partition coefficient (Wildman–Crippen LogP) is 4.07. The van der Waals surface area contributed by atoms with Gasteiger partial charge < -0.3 is 4.42 Å². The maximum Gasteiger partial charge on any atom is 0.198 e. The summed E-state index contributed by atoms with van der Waals surface area (Å²) in [5.74, 6) is 0.395. The molecule has 94 valence electrons. The Kier molecular flexibility index (Phi) is 3.11. The van der Waals surface area contributed by atoms with E-state index in [1.165, 1.54) is 12.1 Å². The highest BCUT2D eigenvalue weighted by Crippen LogP contribution is 2.19. The molecule has 0 atom stereocenters. The van der Waals surface area contributed by atoms with Gasteiger partial charge in [-0.25, -0.2) is 9.37 Å². The van der Waals surface area contributed by atoms with Gasteiger partial charge in [-0.3, -0.25) is 0 Å². The Labute approximate surface area is 110 Å². The first-order valence-electron chi connectivity index (χ1n) is 6.05.